The summed E-state index contributed by atoms with van der Waals surface area (Å²) in [6, 6.07) is 0. The maximum Gasteiger partial charge on any atom is 0.302 e. The van der Waals surface area contributed by atoms with Gasteiger partial charge in [0.2, 0.25) is 0 Å². The summed E-state index contributed by atoms with van der Waals surface area (Å²) < 4.78 is 5.16. The van der Waals surface area contributed by atoms with Gasteiger partial charge in [-0.3, -0.25) is 4.79 Å². The van der Waals surface area contributed by atoms with Crippen molar-refractivity contribution in [3.63, 3.8) is 0 Å². The Kier molecular flexibility index (Phi) is 6.63. The Labute approximate surface area is 103 Å². The molecule has 1 aliphatic carbocycles. The van der Waals surface area contributed by atoms with E-state index in [9.17, 15) is 9.90 Å². The zero-order valence-electron chi connectivity index (χ0n) is 10.5. The maximum atomic E-state index is 11.0. The van der Waals surface area contributed by atoms with E-state index < -0.39 is 6.10 Å². The van der Waals surface area contributed by atoms with Crippen molar-refractivity contribution in [2.24, 2.45) is 0 Å². The van der Waals surface area contributed by atoms with Gasteiger partial charge in [-0.25, -0.2) is 0 Å². The van der Waals surface area contributed by atoms with Gasteiger partial charge in [0.1, 0.15) is 6.10 Å². The van der Waals surface area contributed by atoms with Gasteiger partial charge in [-0.05, 0) is 38.5 Å². The Bertz CT molecular complexity index is 281. The first kappa shape index (κ1) is 14.0. The normalized spacial score (nSPS) is 30.7. The number of carbonyl (C=O) groups is 1. The number of carbonyl (C=O) groups excluding carboxylic acids is 1. The molecule has 2 atom stereocenters. The van der Waals surface area contributed by atoms with Crippen LogP contribution < -0.4 is 0 Å². The lowest BCUT2D eigenvalue weighted by molar-refractivity contribution is -0.152. The Morgan fingerprint density at radius 3 is 2.18 bits per heavy atom. The average molecular weight is 238 g/mol. The fourth-order valence-corrected chi connectivity index (χ4v) is 1.92. The molecule has 0 aliphatic heterocycles. The number of aliphatic hydroxyl groups is 1. The molecule has 1 rings (SSSR count). The highest BCUT2D eigenvalue weighted by atomic mass is 16.6. The van der Waals surface area contributed by atoms with Crippen molar-refractivity contribution in [2.75, 3.05) is 0 Å². The summed E-state index contributed by atoms with van der Waals surface area (Å²) in [5, 5.41) is 9.97. The predicted octanol–water partition coefficient (Wildman–Crippen LogP) is 2.75. The summed E-state index contributed by atoms with van der Waals surface area (Å²) in [6.45, 7) is 1.39. The van der Waals surface area contributed by atoms with Crippen molar-refractivity contribution in [3.05, 3.63) is 24.3 Å². The van der Waals surface area contributed by atoms with Crippen LogP contribution in [0.15, 0.2) is 24.3 Å². The van der Waals surface area contributed by atoms with Crippen LogP contribution in [0.2, 0.25) is 0 Å². The van der Waals surface area contributed by atoms with Gasteiger partial charge in [-0.1, -0.05) is 24.3 Å². The second-order valence-corrected chi connectivity index (χ2v) is 4.39. The Morgan fingerprint density at radius 1 is 1.06 bits per heavy atom. The molecule has 0 saturated heterocycles. The van der Waals surface area contributed by atoms with Crippen LogP contribution in [0.25, 0.3) is 0 Å². The number of ether oxygens (including phenoxy) is 1. The summed E-state index contributed by atoms with van der Waals surface area (Å²) in [4.78, 5) is 11.0. The summed E-state index contributed by atoms with van der Waals surface area (Å²) in [5.41, 5.74) is 0. The Morgan fingerprint density at radius 2 is 1.59 bits per heavy atom. The molecule has 1 N–H and O–H groups in total. The largest absolute Gasteiger partial charge is 0.460 e. The van der Waals surface area contributed by atoms with Crippen LogP contribution in [0.1, 0.15) is 45.4 Å². The van der Waals surface area contributed by atoms with Gasteiger partial charge in [-0.15, -0.1) is 0 Å². The molecule has 0 spiro atoms. The van der Waals surface area contributed by atoms with Crippen molar-refractivity contribution in [1.82, 2.24) is 0 Å². The molecule has 96 valence electrons. The minimum Gasteiger partial charge on any atom is -0.460 e. The van der Waals surface area contributed by atoms with E-state index in [1.54, 1.807) is 0 Å². The first-order valence-corrected chi connectivity index (χ1v) is 6.35. The smallest absolute Gasteiger partial charge is 0.302 e. The molecule has 0 radical (unpaired) electrons. The summed E-state index contributed by atoms with van der Waals surface area (Å²) in [6.07, 6.45) is 12.7. The second-order valence-electron chi connectivity index (χ2n) is 4.39. The van der Waals surface area contributed by atoms with Crippen LogP contribution in [0.4, 0.5) is 0 Å². The first-order valence-electron chi connectivity index (χ1n) is 6.35. The highest BCUT2D eigenvalue weighted by molar-refractivity contribution is 5.66. The number of hydrogen-bond donors (Lipinski definition) is 1. The Hall–Kier alpha value is -1.09. The fraction of sp³-hybridized carbons (Fsp3) is 0.643. The lowest BCUT2D eigenvalue weighted by Gasteiger charge is -2.22. The first-order chi connectivity index (χ1) is 8.20. The SMILES string of the molecule is CC(=O)OC1CC/C=C\CC/C=C\CCC1O. The quantitative estimate of drug-likeness (QED) is 0.564. The topological polar surface area (TPSA) is 46.5 Å². The predicted molar refractivity (Wildman–Crippen MR) is 67.5 cm³/mol. The second kappa shape index (κ2) is 8.07. The van der Waals surface area contributed by atoms with Gasteiger partial charge >= 0.3 is 5.97 Å². The molecule has 0 aromatic heterocycles. The van der Waals surface area contributed by atoms with Crippen LogP contribution in [0, 0.1) is 0 Å². The lowest BCUT2D eigenvalue weighted by atomic mass is 10.0. The van der Waals surface area contributed by atoms with Gasteiger partial charge in [0.25, 0.3) is 0 Å². The lowest BCUT2D eigenvalue weighted by Crippen LogP contribution is -2.30. The molecule has 0 aromatic rings. The molecule has 0 fully saturated rings. The van der Waals surface area contributed by atoms with Crippen molar-refractivity contribution < 1.29 is 14.6 Å². The third-order valence-corrected chi connectivity index (χ3v) is 2.83. The number of hydrogen-bond acceptors (Lipinski definition) is 3. The van der Waals surface area contributed by atoms with E-state index in [2.05, 4.69) is 24.3 Å². The molecule has 3 nitrogen and oxygen atoms in total. The molecular formula is C14H22O3. The van der Waals surface area contributed by atoms with Gasteiger partial charge in [0, 0.05) is 6.92 Å². The third kappa shape index (κ3) is 6.27. The Balaban J connectivity index is 2.55. The van der Waals surface area contributed by atoms with Gasteiger partial charge < -0.3 is 9.84 Å². The molecule has 17 heavy (non-hydrogen) atoms. The van der Waals surface area contributed by atoms with Crippen molar-refractivity contribution in [1.29, 1.82) is 0 Å². The fourth-order valence-electron chi connectivity index (χ4n) is 1.92. The number of aliphatic hydroxyl groups excluding tert-OH is 1. The van der Waals surface area contributed by atoms with Gasteiger partial charge in [-0.2, -0.15) is 0 Å². The summed E-state index contributed by atoms with van der Waals surface area (Å²) in [7, 11) is 0. The highest BCUT2D eigenvalue weighted by Gasteiger charge is 2.20. The van der Waals surface area contributed by atoms with Gasteiger partial charge in [0.15, 0.2) is 0 Å². The molecule has 0 heterocycles. The minimum atomic E-state index is -0.559. The number of allylic oxidation sites excluding steroid dienone is 4. The molecule has 3 heteroatoms. The van der Waals surface area contributed by atoms with Crippen LogP contribution in [-0.4, -0.2) is 23.3 Å². The van der Waals surface area contributed by atoms with Crippen LogP contribution >= 0.6 is 0 Å². The maximum absolute atomic E-state index is 11.0. The zero-order chi connectivity index (χ0) is 12.5. The van der Waals surface area contributed by atoms with Crippen molar-refractivity contribution >= 4 is 5.97 Å². The van der Waals surface area contributed by atoms with Gasteiger partial charge in [0.05, 0.1) is 6.10 Å². The standard InChI is InChI=1S/C14H22O3/c1-12(15)17-14-11-9-7-5-3-2-4-6-8-10-13(14)16/h4-7,13-14,16H,2-3,8-11H2,1H3/b6-4-,7-5-. The minimum absolute atomic E-state index is 0.319. The van der Waals surface area contributed by atoms with Crippen molar-refractivity contribution in [3.8, 4) is 0 Å². The van der Waals surface area contributed by atoms with E-state index >= 15 is 0 Å². The molecular weight excluding hydrogens is 216 g/mol. The molecule has 1 aliphatic rings. The molecule has 0 aromatic carbocycles. The highest BCUT2D eigenvalue weighted by Crippen LogP contribution is 2.14. The van der Waals surface area contributed by atoms with Crippen molar-refractivity contribution in [2.45, 2.75) is 57.7 Å². The van der Waals surface area contributed by atoms with E-state index in [1.807, 2.05) is 0 Å². The zero-order valence-corrected chi connectivity index (χ0v) is 10.5. The van der Waals surface area contributed by atoms with E-state index in [0.717, 1.165) is 25.7 Å². The number of esters is 1. The molecule has 0 saturated carbocycles. The summed E-state index contributed by atoms with van der Waals surface area (Å²) in [5.74, 6) is -0.319. The monoisotopic (exact) mass is 238 g/mol. The molecule has 2 unspecified atom stereocenters. The average Bonchev–Trinajstić information content (AvgIpc) is 2.27. The third-order valence-electron chi connectivity index (χ3n) is 2.83. The summed E-state index contributed by atoms with van der Waals surface area (Å²) >= 11 is 0. The number of rotatable bonds is 1. The van der Waals surface area contributed by atoms with E-state index in [4.69, 9.17) is 4.74 Å². The van der Waals surface area contributed by atoms with E-state index in [1.165, 1.54) is 6.92 Å². The van der Waals surface area contributed by atoms with Crippen LogP contribution in [0.5, 0.6) is 0 Å². The molecule has 0 bridgehead atoms. The molecule has 0 amide bonds. The van der Waals surface area contributed by atoms with E-state index in [-0.39, 0.29) is 12.1 Å². The van der Waals surface area contributed by atoms with E-state index in [0.29, 0.717) is 12.8 Å². The van der Waals surface area contributed by atoms with Crippen LogP contribution in [0.3, 0.4) is 0 Å². The van der Waals surface area contributed by atoms with Crippen LogP contribution in [-0.2, 0) is 9.53 Å².